The minimum atomic E-state index is -0.0215. The van der Waals surface area contributed by atoms with Crippen LogP contribution in [0.2, 0.25) is 0 Å². The normalized spacial score (nSPS) is 15.5. The van der Waals surface area contributed by atoms with Crippen LogP contribution < -0.4 is 10.6 Å². The summed E-state index contributed by atoms with van der Waals surface area (Å²) in [5.74, 6) is 0.649. The largest absolute Gasteiger partial charge is 0.352 e. The summed E-state index contributed by atoms with van der Waals surface area (Å²) in [4.78, 5) is 17.6. The minimum Gasteiger partial charge on any atom is -0.352 e. The summed E-state index contributed by atoms with van der Waals surface area (Å²) in [6, 6.07) is 19.7. The molecule has 28 heavy (non-hydrogen) atoms. The highest BCUT2D eigenvalue weighted by molar-refractivity contribution is 6.07. The Kier molecular flexibility index (Phi) is 8.24. The number of rotatable bonds is 5. The number of pyridine rings is 1. The smallest absolute Gasteiger partial charge is 0.252 e. The molecule has 0 aliphatic carbocycles. The number of carbonyl (C=O) groups is 1. The van der Waals surface area contributed by atoms with E-state index in [1.807, 2.05) is 60.7 Å². The van der Waals surface area contributed by atoms with Gasteiger partial charge < -0.3 is 10.6 Å². The lowest BCUT2D eigenvalue weighted by Gasteiger charge is -2.12. The van der Waals surface area contributed by atoms with Gasteiger partial charge in [-0.15, -0.1) is 24.8 Å². The molecule has 1 aliphatic heterocycles. The fourth-order valence-corrected chi connectivity index (χ4v) is 3.57. The SMILES string of the molecule is Cl.Cl.O=C(NCCC1CCNC1)c1cc(-c2ccccc2)nc2ccccc12. The predicted octanol–water partition coefficient (Wildman–Crippen LogP) is 4.47. The molecule has 1 fully saturated rings. The number of halogens is 2. The Bertz CT molecular complexity index is 912. The molecule has 0 radical (unpaired) electrons. The highest BCUT2D eigenvalue weighted by atomic mass is 35.5. The topological polar surface area (TPSA) is 54.0 Å². The number of aromatic nitrogens is 1. The maximum Gasteiger partial charge on any atom is 0.252 e. The number of hydrogen-bond donors (Lipinski definition) is 2. The van der Waals surface area contributed by atoms with Gasteiger partial charge >= 0.3 is 0 Å². The van der Waals surface area contributed by atoms with Gasteiger partial charge in [0.2, 0.25) is 0 Å². The van der Waals surface area contributed by atoms with Gasteiger partial charge in [-0.3, -0.25) is 4.79 Å². The number of hydrogen-bond acceptors (Lipinski definition) is 3. The van der Waals surface area contributed by atoms with Crippen molar-refractivity contribution >= 4 is 41.6 Å². The first kappa shape index (κ1) is 22.2. The van der Waals surface area contributed by atoms with Crippen molar-refractivity contribution in [1.29, 1.82) is 0 Å². The first-order valence-electron chi connectivity index (χ1n) is 9.25. The van der Waals surface area contributed by atoms with Crippen LogP contribution in [-0.4, -0.2) is 30.5 Å². The monoisotopic (exact) mass is 417 g/mol. The van der Waals surface area contributed by atoms with E-state index in [2.05, 4.69) is 10.6 Å². The van der Waals surface area contributed by atoms with Crippen LogP contribution in [-0.2, 0) is 0 Å². The molecule has 0 saturated carbocycles. The highest BCUT2D eigenvalue weighted by Gasteiger charge is 2.16. The maximum absolute atomic E-state index is 12.9. The zero-order valence-corrected chi connectivity index (χ0v) is 17.2. The lowest BCUT2D eigenvalue weighted by molar-refractivity contribution is 0.0953. The molecule has 3 aromatic rings. The van der Waals surface area contributed by atoms with Gasteiger partial charge in [0.05, 0.1) is 16.8 Å². The summed E-state index contributed by atoms with van der Waals surface area (Å²) in [5.41, 5.74) is 3.39. The number of nitrogens with one attached hydrogen (secondary N) is 2. The van der Waals surface area contributed by atoms with Crippen LogP contribution >= 0.6 is 24.8 Å². The fraction of sp³-hybridized carbons (Fsp3) is 0.273. The van der Waals surface area contributed by atoms with Gasteiger partial charge in [-0.25, -0.2) is 4.98 Å². The van der Waals surface area contributed by atoms with E-state index in [-0.39, 0.29) is 30.7 Å². The second-order valence-electron chi connectivity index (χ2n) is 6.84. The molecule has 4 nitrogen and oxygen atoms in total. The van der Waals surface area contributed by atoms with E-state index in [4.69, 9.17) is 4.98 Å². The van der Waals surface area contributed by atoms with Gasteiger partial charge in [-0.2, -0.15) is 0 Å². The Hall–Kier alpha value is -2.14. The third-order valence-electron chi connectivity index (χ3n) is 5.03. The molecule has 2 N–H and O–H groups in total. The standard InChI is InChI=1S/C22H23N3O.2ClH/c26-22(24-13-11-16-10-12-23-15-16)19-14-21(17-6-2-1-3-7-17)25-20-9-5-4-8-18(19)20;;/h1-9,14,16,23H,10-13,15H2,(H,24,26);2*1H. The zero-order valence-electron chi connectivity index (χ0n) is 15.6. The molecule has 4 rings (SSSR count). The molecule has 0 bridgehead atoms. The lowest BCUT2D eigenvalue weighted by Crippen LogP contribution is -2.26. The molecular formula is C22H25Cl2N3O. The summed E-state index contributed by atoms with van der Waals surface area (Å²) >= 11 is 0. The van der Waals surface area contributed by atoms with Crippen LogP contribution in [0.5, 0.6) is 0 Å². The summed E-state index contributed by atoms with van der Waals surface area (Å²) in [6.07, 6.45) is 2.22. The molecular weight excluding hydrogens is 393 g/mol. The van der Waals surface area contributed by atoms with Crippen molar-refractivity contribution in [3.05, 3.63) is 66.2 Å². The second-order valence-corrected chi connectivity index (χ2v) is 6.84. The van der Waals surface area contributed by atoms with Crippen molar-refractivity contribution < 1.29 is 4.79 Å². The average Bonchev–Trinajstić information content (AvgIpc) is 3.21. The number of carbonyl (C=O) groups excluding carboxylic acids is 1. The Balaban J connectivity index is 0.00000140. The summed E-state index contributed by atoms with van der Waals surface area (Å²) in [6.45, 7) is 2.86. The number of para-hydroxylation sites is 1. The molecule has 0 spiro atoms. The van der Waals surface area contributed by atoms with Crippen molar-refractivity contribution in [3.63, 3.8) is 0 Å². The Labute approximate surface area is 178 Å². The molecule has 2 heterocycles. The van der Waals surface area contributed by atoms with Crippen LogP contribution in [0.3, 0.4) is 0 Å². The van der Waals surface area contributed by atoms with Crippen LogP contribution in [0.25, 0.3) is 22.2 Å². The maximum atomic E-state index is 12.9. The van der Waals surface area contributed by atoms with E-state index < -0.39 is 0 Å². The van der Waals surface area contributed by atoms with Gasteiger partial charge in [0.1, 0.15) is 0 Å². The van der Waals surface area contributed by atoms with Gasteiger partial charge in [-0.1, -0.05) is 48.5 Å². The van der Waals surface area contributed by atoms with Crippen LogP contribution in [0.15, 0.2) is 60.7 Å². The number of benzene rings is 2. The molecule has 1 unspecified atom stereocenters. The zero-order chi connectivity index (χ0) is 17.8. The fourth-order valence-electron chi connectivity index (χ4n) is 3.57. The first-order valence-corrected chi connectivity index (χ1v) is 9.25. The average molecular weight is 418 g/mol. The van der Waals surface area contributed by atoms with Crippen molar-refractivity contribution in [2.45, 2.75) is 12.8 Å². The molecule has 1 aliphatic rings. The van der Waals surface area contributed by atoms with Crippen molar-refractivity contribution in [3.8, 4) is 11.3 Å². The van der Waals surface area contributed by atoms with Crippen LogP contribution in [0.4, 0.5) is 0 Å². The Morgan fingerprint density at radius 2 is 1.82 bits per heavy atom. The Morgan fingerprint density at radius 3 is 2.57 bits per heavy atom. The van der Waals surface area contributed by atoms with Crippen molar-refractivity contribution in [1.82, 2.24) is 15.6 Å². The summed E-state index contributed by atoms with van der Waals surface area (Å²) in [5, 5.41) is 7.37. The second kappa shape index (κ2) is 10.4. The van der Waals surface area contributed by atoms with E-state index in [0.717, 1.165) is 41.7 Å². The van der Waals surface area contributed by atoms with Gasteiger partial charge in [0.15, 0.2) is 0 Å². The third-order valence-corrected chi connectivity index (χ3v) is 5.03. The molecule has 2 aromatic carbocycles. The highest BCUT2D eigenvalue weighted by Crippen LogP contribution is 2.24. The lowest BCUT2D eigenvalue weighted by atomic mass is 10.0. The van der Waals surface area contributed by atoms with Crippen molar-refractivity contribution in [2.24, 2.45) is 5.92 Å². The minimum absolute atomic E-state index is 0. The van der Waals surface area contributed by atoms with E-state index in [1.54, 1.807) is 0 Å². The molecule has 1 amide bonds. The van der Waals surface area contributed by atoms with Crippen molar-refractivity contribution in [2.75, 3.05) is 19.6 Å². The van der Waals surface area contributed by atoms with Gasteiger partial charge in [0.25, 0.3) is 5.91 Å². The van der Waals surface area contributed by atoms with E-state index >= 15 is 0 Å². The number of fused-ring (bicyclic) bond motifs is 1. The van der Waals surface area contributed by atoms with Gasteiger partial charge in [0, 0.05) is 17.5 Å². The van der Waals surface area contributed by atoms with Gasteiger partial charge in [-0.05, 0) is 44.0 Å². The molecule has 6 heteroatoms. The Morgan fingerprint density at radius 1 is 1.07 bits per heavy atom. The summed E-state index contributed by atoms with van der Waals surface area (Å²) in [7, 11) is 0. The van der Waals surface area contributed by atoms with E-state index in [1.165, 1.54) is 6.42 Å². The third kappa shape index (κ3) is 5.02. The molecule has 1 atom stereocenters. The predicted molar refractivity (Wildman–Crippen MR) is 120 cm³/mol. The molecule has 148 valence electrons. The van der Waals surface area contributed by atoms with Crippen LogP contribution in [0, 0.1) is 5.92 Å². The quantitative estimate of drug-likeness (QED) is 0.643. The first-order chi connectivity index (χ1) is 12.8. The molecule has 1 aromatic heterocycles. The number of nitrogens with zero attached hydrogens (tertiary/aromatic N) is 1. The summed E-state index contributed by atoms with van der Waals surface area (Å²) < 4.78 is 0. The van der Waals surface area contributed by atoms with E-state index in [9.17, 15) is 4.79 Å². The van der Waals surface area contributed by atoms with Crippen LogP contribution in [0.1, 0.15) is 23.2 Å². The number of amides is 1. The van der Waals surface area contributed by atoms with E-state index in [0.29, 0.717) is 18.0 Å². The molecule has 1 saturated heterocycles.